The Kier molecular flexibility index (Phi) is 3.83. The molecule has 27 heavy (non-hydrogen) atoms. The lowest BCUT2D eigenvalue weighted by Gasteiger charge is -2.22. The summed E-state index contributed by atoms with van der Waals surface area (Å²) in [6.45, 7) is 4.21. The molecule has 0 saturated heterocycles. The van der Waals surface area contributed by atoms with Crippen molar-refractivity contribution in [1.29, 1.82) is 0 Å². The second kappa shape index (κ2) is 5.97. The lowest BCUT2D eigenvalue weighted by atomic mass is 10.1. The number of allylic oxidation sites excluding steroid dienone is 1. The molecule has 0 unspecified atom stereocenters. The van der Waals surface area contributed by atoms with E-state index in [2.05, 4.69) is 15.4 Å². The summed E-state index contributed by atoms with van der Waals surface area (Å²) in [6.07, 6.45) is -1.27. The number of alkyl halides is 3. The molecule has 1 aromatic carbocycles. The molecule has 6 nitrogen and oxygen atoms in total. The number of rotatable bonds is 3. The zero-order valence-corrected chi connectivity index (χ0v) is 14.6. The van der Waals surface area contributed by atoms with E-state index < -0.39 is 17.3 Å². The number of hydrogen-bond donors (Lipinski definition) is 1. The van der Waals surface area contributed by atoms with E-state index in [0.29, 0.717) is 34.8 Å². The largest absolute Gasteiger partial charge is 0.416 e. The van der Waals surface area contributed by atoms with E-state index in [4.69, 9.17) is 0 Å². The summed E-state index contributed by atoms with van der Waals surface area (Å²) in [7, 11) is 0. The highest BCUT2D eigenvalue weighted by Gasteiger charge is 2.31. The Balaban J connectivity index is 1.89. The maximum Gasteiger partial charge on any atom is 0.416 e. The average Bonchev–Trinajstić information content (AvgIpc) is 3.04. The Labute approximate surface area is 151 Å². The molecule has 1 aliphatic heterocycles. The minimum atomic E-state index is -4.43. The third-order valence-electron chi connectivity index (χ3n) is 4.29. The zero-order chi connectivity index (χ0) is 19.3. The van der Waals surface area contributed by atoms with Crippen molar-refractivity contribution < 1.29 is 13.2 Å². The molecule has 0 fully saturated rings. The highest BCUT2D eigenvalue weighted by molar-refractivity contribution is 5.83. The molecule has 0 radical (unpaired) electrons. The Morgan fingerprint density at radius 3 is 2.74 bits per heavy atom. The van der Waals surface area contributed by atoms with Crippen LogP contribution in [0.4, 0.5) is 19.1 Å². The van der Waals surface area contributed by atoms with Gasteiger partial charge in [0.2, 0.25) is 5.95 Å². The number of aromatic nitrogens is 4. The summed E-state index contributed by atoms with van der Waals surface area (Å²) in [5.74, 6) is 0.406. The van der Waals surface area contributed by atoms with Gasteiger partial charge in [0.15, 0.2) is 5.65 Å². The normalized spacial score (nSPS) is 13.9. The monoisotopic (exact) mass is 375 g/mol. The van der Waals surface area contributed by atoms with Gasteiger partial charge >= 0.3 is 6.18 Å². The Bertz CT molecular complexity index is 1120. The van der Waals surface area contributed by atoms with E-state index >= 15 is 0 Å². The Hall–Kier alpha value is -3.10. The fourth-order valence-corrected chi connectivity index (χ4v) is 3.15. The first-order chi connectivity index (χ1) is 12.8. The number of halogens is 3. The second-order valence-corrected chi connectivity index (χ2v) is 6.61. The third-order valence-corrected chi connectivity index (χ3v) is 4.29. The summed E-state index contributed by atoms with van der Waals surface area (Å²) in [4.78, 5) is 16.4. The number of nitrogens with zero attached hydrogens (tertiary/aromatic N) is 4. The highest BCUT2D eigenvalue weighted by atomic mass is 19.4. The van der Waals surface area contributed by atoms with Crippen LogP contribution in [0.5, 0.6) is 0 Å². The molecule has 0 spiro atoms. The molecule has 1 N–H and O–H groups in total. The van der Waals surface area contributed by atoms with Crippen LogP contribution in [0.1, 0.15) is 25.0 Å². The molecule has 140 valence electrons. The van der Waals surface area contributed by atoms with Crippen LogP contribution in [0.3, 0.4) is 0 Å². The van der Waals surface area contributed by atoms with Crippen LogP contribution < -0.4 is 10.9 Å². The van der Waals surface area contributed by atoms with Gasteiger partial charge in [0.25, 0.3) is 5.56 Å². The molecule has 0 saturated carbocycles. The summed E-state index contributed by atoms with van der Waals surface area (Å²) in [6, 6.07) is 5.12. The summed E-state index contributed by atoms with van der Waals surface area (Å²) >= 11 is 0. The number of hydrogen-bond acceptors (Lipinski definition) is 4. The van der Waals surface area contributed by atoms with Crippen LogP contribution >= 0.6 is 0 Å². The van der Waals surface area contributed by atoms with Gasteiger partial charge in [-0.2, -0.15) is 23.3 Å². The van der Waals surface area contributed by atoms with Crippen molar-refractivity contribution in [3.63, 3.8) is 0 Å². The van der Waals surface area contributed by atoms with Crippen LogP contribution in [0.25, 0.3) is 16.7 Å². The first kappa shape index (κ1) is 17.3. The van der Waals surface area contributed by atoms with Crippen molar-refractivity contribution in [2.45, 2.75) is 32.6 Å². The molecule has 3 heterocycles. The third kappa shape index (κ3) is 2.88. The van der Waals surface area contributed by atoms with Crippen LogP contribution in [-0.2, 0) is 12.7 Å². The fourth-order valence-electron chi connectivity index (χ4n) is 3.15. The minimum Gasteiger partial charge on any atom is -0.353 e. The SMILES string of the molecule is CC(C)Nc1nc(=O)c2cnn3c2n1CC=C3c1cccc(C(F)(F)F)c1. The fraction of sp³-hybridized carbons (Fsp3) is 0.278. The predicted molar refractivity (Wildman–Crippen MR) is 95.4 cm³/mol. The van der Waals surface area contributed by atoms with E-state index in [1.165, 1.54) is 16.9 Å². The Morgan fingerprint density at radius 2 is 2.04 bits per heavy atom. The molecule has 3 aromatic rings. The quantitative estimate of drug-likeness (QED) is 0.763. The summed E-state index contributed by atoms with van der Waals surface area (Å²) in [5, 5.41) is 7.68. The summed E-state index contributed by atoms with van der Waals surface area (Å²) < 4.78 is 42.5. The lowest BCUT2D eigenvalue weighted by Crippen LogP contribution is -2.25. The minimum absolute atomic E-state index is 0.0586. The predicted octanol–water partition coefficient (Wildman–Crippen LogP) is 3.33. The maximum atomic E-state index is 13.1. The van der Waals surface area contributed by atoms with E-state index in [9.17, 15) is 18.0 Å². The van der Waals surface area contributed by atoms with Gasteiger partial charge in [-0.25, -0.2) is 4.68 Å². The van der Waals surface area contributed by atoms with Crippen molar-refractivity contribution in [3.05, 3.63) is 58.0 Å². The first-order valence-corrected chi connectivity index (χ1v) is 8.39. The van der Waals surface area contributed by atoms with Crippen LogP contribution in [-0.4, -0.2) is 25.4 Å². The van der Waals surface area contributed by atoms with Crippen LogP contribution in [0, 0.1) is 0 Å². The number of benzene rings is 1. The molecule has 0 amide bonds. The second-order valence-electron chi connectivity index (χ2n) is 6.61. The van der Waals surface area contributed by atoms with Crippen molar-refractivity contribution >= 4 is 22.7 Å². The Morgan fingerprint density at radius 1 is 1.26 bits per heavy atom. The molecule has 4 rings (SSSR count). The summed E-state index contributed by atoms with van der Waals surface area (Å²) in [5.41, 5.74) is 0.221. The maximum absolute atomic E-state index is 13.1. The average molecular weight is 375 g/mol. The molecule has 9 heteroatoms. The van der Waals surface area contributed by atoms with Crippen molar-refractivity contribution in [2.24, 2.45) is 0 Å². The molecule has 1 aliphatic rings. The molecular formula is C18H16F3N5O. The molecule has 0 aliphatic carbocycles. The topological polar surface area (TPSA) is 64.7 Å². The van der Waals surface area contributed by atoms with Gasteiger partial charge in [0.05, 0.1) is 17.5 Å². The lowest BCUT2D eigenvalue weighted by molar-refractivity contribution is -0.137. The zero-order valence-electron chi connectivity index (χ0n) is 14.6. The van der Waals surface area contributed by atoms with Crippen molar-refractivity contribution in [3.8, 4) is 0 Å². The van der Waals surface area contributed by atoms with E-state index in [1.54, 1.807) is 16.7 Å². The number of anilines is 1. The highest BCUT2D eigenvalue weighted by Crippen LogP contribution is 2.33. The van der Waals surface area contributed by atoms with E-state index in [0.717, 1.165) is 12.1 Å². The van der Waals surface area contributed by atoms with Gasteiger partial charge < -0.3 is 5.32 Å². The first-order valence-electron chi connectivity index (χ1n) is 8.39. The molecule has 2 aromatic heterocycles. The van der Waals surface area contributed by atoms with E-state index in [-0.39, 0.29) is 6.04 Å². The van der Waals surface area contributed by atoms with Gasteiger partial charge in [-0.05, 0) is 32.1 Å². The van der Waals surface area contributed by atoms with Crippen molar-refractivity contribution in [1.82, 2.24) is 19.3 Å². The van der Waals surface area contributed by atoms with Gasteiger partial charge in [0.1, 0.15) is 5.39 Å². The van der Waals surface area contributed by atoms with Crippen LogP contribution in [0.15, 0.2) is 41.3 Å². The molecule has 0 atom stereocenters. The van der Waals surface area contributed by atoms with Crippen LogP contribution in [0.2, 0.25) is 0 Å². The van der Waals surface area contributed by atoms with Crippen molar-refractivity contribution in [2.75, 3.05) is 5.32 Å². The molecular weight excluding hydrogens is 359 g/mol. The number of nitrogens with one attached hydrogen (secondary N) is 1. The van der Waals surface area contributed by atoms with Gasteiger partial charge in [-0.15, -0.1) is 0 Å². The van der Waals surface area contributed by atoms with Gasteiger partial charge in [-0.1, -0.05) is 12.1 Å². The standard InChI is InChI=1S/C18H16F3N5O/c1-10(2)23-17-24-15(27)13-9-22-26-14(6-7-25(17)16(13)26)11-4-3-5-12(8-11)18(19,20)21/h3-6,8-10H,7H2,1-2H3,(H,23,24,27). The molecule has 0 bridgehead atoms. The van der Waals surface area contributed by atoms with Gasteiger partial charge in [0, 0.05) is 18.2 Å². The van der Waals surface area contributed by atoms with E-state index in [1.807, 2.05) is 13.8 Å². The smallest absolute Gasteiger partial charge is 0.353 e. The van der Waals surface area contributed by atoms with Gasteiger partial charge in [-0.3, -0.25) is 9.36 Å².